The first-order chi connectivity index (χ1) is 41.3. The molecule has 8 bridgehead atoms. The van der Waals surface area contributed by atoms with Crippen LogP contribution in [0.15, 0.2) is 140 Å². The van der Waals surface area contributed by atoms with Crippen molar-refractivity contribution >= 4 is 83.6 Å². The molecule has 13 rings (SSSR count). The SMILES string of the molecule is CC(O)c1ccc(C(C)c2ccc(Br)[nH]2)[nH]1.CC1=N/C(=C\c2ccc(C(C)c3ccc(C(C)c4ccc(Br)[nH]4)[nH]3)[nH]2)C(C)(C)C1.CC1=NC(Cc2ccc[nH]2)C(C)(C)C1.Cc1c2nc(c(C)c3ccc(cc4nc(cc5ccc1[n-]5)CC4(C)C)[n-]3)C=C2.[Zn+2]. The van der Waals surface area contributed by atoms with Gasteiger partial charge in [-0.15, -0.1) is 22.1 Å². The molecule has 0 radical (unpaired) electrons. The molecule has 88 heavy (non-hydrogen) atoms. The summed E-state index contributed by atoms with van der Waals surface area (Å²) in [6.07, 6.45) is 12.0. The van der Waals surface area contributed by atoms with E-state index >= 15 is 0 Å². The molecule has 13 nitrogen and oxygen atoms in total. The Bertz CT molecular complexity index is 4180. The largest absolute Gasteiger partial charge is 2.00 e. The maximum atomic E-state index is 9.45. The number of aliphatic hydroxyl groups excluding tert-OH is 1. The van der Waals surface area contributed by atoms with Crippen molar-refractivity contribution in [3.05, 3.63) is 215 Å². The number of fused-ring (bicyclic) bond motifs is 8. The second-order valence-electron chi connectivity index (χ2n) is 26.2. The Morgan fingerprint density at radius 1 is 0.580 bits per heavy atom. The van der Waals surface area contributed by atoms with Gasteiger partial charge >= 0.3 is 19.5 Å². The van der Waals surface area contributed by atoms with Crippen LogP contribution in [0.5, 0.6) is 0 Å². The van der Waals surface area contributed by atoms with Crippen molar-refractivity contribution in [2.24, 2.45) is 20.8 Å². The normalized spacial score (nSPS) is 18.0. The standard InChI is InChI=1S/C24H29BrN4.C24H22N4.C12H15BrN2O.C12H18N2.Zn/c1-14-13-24(4,5)22(26-14)12-17-6-7-18(27-17)15(2)19-8-9-20(28-19)16(3)21-10-11-23(25)29-21;1-14-19-7-5-16(25-19)11-18-13-24(3,4)23(27-18)12-17-6-8-20(26-17)15(2)22-10-9-21(14)28-22;1-7(10-5-6-12(13)15-10)9-3-4-11(14-9)8(2)16;1-9-8-12(2,3)11(14-9)7-10-5-4-6-13-10;/h6-12,15-16,27-29H,13H2,1-5H3;5-12H,13H2,1-4H3;3-8,14-16H,1-2H3;4-6,11,13H,7-8H2,1-3H3;/q;-2;;;+2/b22-12-;;;;. The fourth-order valence-corrected chi connectivity index (χ4v) is 12.8. The Morgan fingerprint density at radius 2 is 1.09 bits per heavy atom. The van der Waals surface area contributed by atoms with E-state index in [0.29, 0.717) is 11.5 Å². The molecule has 13 heterocycles. The number of aryl methyl sites for hydroxylation is 2. The average Bonchev–Trinajstić information content (AvgIpc) is 3.19. The number of hydrogen-bond acceptors (Lipinski definition) is 5. The maximum Gasteiger partial charge on any atom is 2.00 e. The number of H-pyrrole nitrogens is 6. The van der Waals surface area contributed by atoms with E-state index in [0.717, 1.165) is 119 Å². The van der Waals surface area contributed by atoms with Crippen LogP contribution in [0.25, 0.3) is 40.3 Å². The Balaban J connectivity index is 0.000000145. The predicted molar refractivity (Wildman–Crippen MR) is 366 cm³/mol. The number of nitrogens with one attached hydrogen (secondary N) is 6. The smallest absolute Gasteiger partial charge is 0.658 e. The van der Waals surface area contributed by atoms with Gasteiger partial charge < -0.3 is 45.0 Å². The summed E-state index contributed by atoms with van der Waals surface area (Å²) in [5, 5.41) is 9.45. The fraction of sp³-hybridized carbons (Fsp3) is 0.361. The second-order valence-corrected chi connectivity index (χ2v) is 27.9. The molecule has 0 fully saturated rings. The van der Waals surface area contributed by atoms with Crippen molar-refractivity contribution in [2.45, 2.75) is 158 Å². The zero-order valence-electron chi connectivity index (χ0n) is 53.5. The third-order valence-corrected chi connectivity index (χ3v) is 18.5. The van der Waals surface area contributed by atoms with E-state index in [1.165, 1.54) is 39.9 Å². The van der Waals surface area contributed by atoms with Crippen LogP contribution in [0.4, 0.5) is 0 Å². The number of aromatic nitrogens is 10. The van der Waals surface area contributed by atoms with E-state index in [-0.39, 0.29) is 48.1 Å². The van der Waals surface area contributed by atoms with Crippen molar-refractivity contribution in [1.29, 1.82) is 0 Å². The van der Waals surface area contributed by atoms with Crippen molar-refractivity contribution in [1.82, 2.24) is 49.8 Å². The summed E-state index contributed by atoms with van der Waals surface area (Å²) in [7, 11) is 0. The summed E-state index contributed by atoms with van der Waals surface area (Å²) in [5.74, 6) is 0.816. The molecular weight excluding hydrogens is 1270 g/mol. The van der Waals surface area contributed by atoms with Crippen LogP contribution in [0.1, 0.15) is 205 Å². The molecule has 5 atom stereocenters. The van der Waals surface area contributed by atoms with Gasteiger partial charge in [0.25, 0.3) is 0 Å². The number of hydrogen-bond donors (Lipinski definition) is 7. The van der Waals surface area contributed by atoms with Gasteiger partial charge in [0.15, 0.2) is 0 Å². The monoisotopic (exact) mass is 1350 g/mol. The first kappa shape index (κ1) is 65.6. The van der Waals surface area contributed by atoms with Gasteiger partial charge in [0.2, 0.25) is 0 Å². The maximum absolute atomic E-state index is 9.45. The van der Waals surface area contributed by atoms with Crippen LogP contribution in [0.2, 0.25) is 0 Å². The first-order valence-electron chi connectivity index (χ1n) is 30.4. The molecule has 0 spiro atoms. The summed E-state index contributed by atoms with van der Waals surface area (Å²) in [6.45, 7) is 30.3. The van der Waals surface area contributed by atoms with Crippen LogP contribution in [0.3, 0.4) is 0 Å². The van der Waals surface area contributed by atoms with Crippen LogP contribution < -0.4 is 9.97 Å². The van der Waals surface area contributed by atoms with Crippen LogP contribution >= 0.6 is 31.9 Å². The predicted octanol–water partition coefficient (Wildman–Crippen LogP) is 18.0. The molecule has 5 unspecified atom stereocenters. The van der Waals surface area contributed by atoms with E-state index in [9.17, 15) is 5.11 Å². The Hall–Kier alpha value is -6.84. The van der Waals surface area contributed by atoms with Gasteiger partial charge in [-0.05, 0) is 187 Å². The summed E-state index contributed by atoms with van der Waals surface area (Å²) in [6, 6.07) is 37.9. The molecule has 7 N–H and O–H groups in total. The molecule has 4 aliphatic rings. The number of rotatable bonds is 10. The molecule has 0 amide bonds. The van der Waals surface area contributed by atoms with Gasteiger partial charge in [0.1, 0.15) is 0 Å². The Labute approximate surface area is 548 Å². The average molecular weight is 1360 g/mol. The van der Waals surface area contributed by atoms with E-state index in [4.69, 9.17) is 29.9 Å². The first-order valence-corrected chi connectivity index (χ1v) is 32.0. The molecular formula is C72H84Br2N12OZn. The fourth-order valence-electron chi connectivity index (χ4n) is 12.1. The number of aliphatic imine (C=N–C) groups is 2. The third kappa shape index (κ3) is 15.4. The van der Waals surface area contributed by atoms with Crippen molar-refractivity contribution in [2.75, 3.05) is 0 Å². The molecule has 0 saturated heterocycles. The number of aromatic amines is 6. The van der Waals surface area contributed by atoms with Crippen molar-refractivity contribution in [3.63, 3.8) is 0 Å². The van der Waals surface area contributed by atoms with Crippen molar-refractivity contribution < 1.29 is 24.6 Å². The molecule has 4 aliphatic heterocycles. The van der Waals surface area contributed by atoms with Gasteiger partial charge in [-0.1, -0.05) is 98.7 Å². The minimum atomic E-state index is -0.448. The molecule has 0 saturated carbocycles. The third-order valence-electron chi connectivity index (χ3n) is 17.5. The summed E-state index contributed by atoms with van der Waals surface area (Å²) >= 11 is 6.89. The zero-order valence-corrected chi connectivity index (χ0v) is 59.6. The van der Waals surface area contributed by atoms with Crippen molar-refractivity contribution in [3.8, 4) is 0 Å². The number of allylic oxidation sites excluding steroid dienone is 1. The number of aliphatic hydroxyl groups is 1. The summed E-state index contributed by atoms with van der Waals surface area (Å²) in [5.41, 5.74) is 24.4. The van der Waals surface area contributed by atoms with Crippen LogP contribution in [-0.2, 0) is 37.7 Å². The zero-order chi connectivity index (χ0) is 62.1. The molecule has 9 aromatic rings. The number of nitrogens with zero attached hydrogens (tertiary/aromatic N) is 6. The van der Waals surface area contributed by atoms with Gasteiger partial charge in [0, 0.05) is 127 Å². The van der Waals surface area contributed by atoms with E-state index in [1.807, 2.05) is 36.5 Å². The van der Waals surface area contributed by atoms with Gasteiger partial charge in [0.05, 0.1) is 32.7 Å². The number of halogens is 2. The Morgan fingerprint density at radius 3 is 1.57 bits per heavy atom. The summed E-state index contributed by atoms with van der Waals surface area (Å²) < 4.78 is 1.99. The van der Waals surface area contributed by atoms with E-state index in [2.05, 4.69) is 249 Å². The quantitative estimate of drug-likeness (QED) is 0.0669. The van der Waals surface area contributed by atoms with Crippen LogP contribution in [-0.4, -0.2) is 62.4 Å². The van der Waals surface area contributed by atoms with Crippen LogP contribution in [0, 0.1) is 24.7 Å². The van der Waals surface area contributed by atoms with Gasteiger partial charge in [-0.25, -0.2) is 4.98 Å². The second kappa shape index (κ2) is 27.1. The van der Waals surface area contributed by atoms with Gasteiger partial charge in [-0.3, -0.25) is 15.0 Å². The minimum Gasteiger partial charge on any atom is -0.658 e. The molecule has 16 heteroatoms. The minimum absolute atomic E-state index is 0. The molecule has 454 valence electrons. The van der Waals surface area contributed by atoms with E-state index < -0.39 is 6.10 Å². The topological polar surface area (TPSA) is 194 Å². The Kier molecular flexibility index (Phi) is 20.2. The summed E-state index contributed by atoms with van der Waals surface area (Å²) in [4.78, 5) is 49.1. The van der Waals surface area contributed by atoms with E-state index in [1.54, 1.807) is 6.92 Å². The molecule has 0 aliphatic carbocycles. The molecule has 0 aromatic carbocycles. The van der Waals surface area contributed by atoms with Gasteiger partial charge in [-0.2, -0.15) is 0 Å². The molecule has 9 aromatic heterocycles.